The van der Waals surface area contributed by atoms with Crippen LogP contribution in [0.2, 0.25) is 0 Å². The van der Waals surface area contributed by atoms with Gasteiger partial charge in [0.25, 0.3) is 0 Å². The number of hydrogen-bond donors (Lipinski definition) is 2. The fourth-order valence-electron chi connectivity index (χ4n) is 3.78. The number of anilines is 1. The number of benzene rings is 2. The van der Waals surface area contributed by atoms with Crippen molar-refractivity contribution in [2.45, 2.75) is 59.1 Å². The summed E-state index contributed by atoms with van der Waals surface area (Å²) < 4.78 is 50.2. The molecule has 2 aromatic rings. The second kappa shape index (κ2) is 9.90. The third-order valence-electron chi connectivity index (χ3n) is 5.68. The molecule has 3 N–H and O–H groups in total. The zero-order chi connectivity index (χ0) is 22.4. The lowest BCUT2D eigenvalue weighted by Crippen LogP contribution is -2.30. The van der Waals surface area contributed by atoms with E-state index in [1.807, 2.05) is 0 Å². The molecule has 29 heavy (non-hydrogen) atoms. The van der Waals surface area contributed by atoms with Crippen LogP contribution in [0.4, 0.5) is 23.2 Å². The molecule has 0 fully saturated rings. The van der Waals surface area contributed by atoms with Crippen LogP contribution < -0.4 is 5.73 Å². The maximum Gasteiger partial charge on any atom is 0.416 e. The van der Waals surface area contributed by atoms with E-state index in [4.69, 9.17) is 11.1 Å². The fraction of sp³-hybridized carbons (Fsp3) is 0.435. The zero-order valence-corrected chi connectivity index (χ0v) is 17.6. The van der Waals surface area contributed by atoms with Gasteiger partial charge in [0.2, 0.25) is 0 Å². The van der Waals surface area contributed by atoms with Crippen LogP contribution in [0.3, 0.4) is 0 Å². The van der Waals surface area contributed by atoms with Gasteiger partial charge in [-0.25, -0.2) is 4.39 Å². The molecule has 0 aromatic heterocycles. The first-order valence-corrected chi connectivity index (χ1v) is 9.66. The molecule has 6 heteroatoms. The third kappa shape index (κ3) is 5.81. The number of nitrogen functional groups attached to an aromatic ring is 1. The Morgan fingerprint density at radius 1 is 1.00 bits per heavy atom. The van der Waals surface area contributed by atoms with E-state index in [0.29, 0.717) is 22.7 Å². The smallest absolute Gasteiger partial charge is 0.398 e. The first kappa shape index (κ1) is 24.7. The standard InChI is InChI=1S/C15H21F3.C8H9FN2/c1-5-14(6-2,11(3)4)12-7-9-13(10-8-12)15(16,17)18;1-5-2-6(9)3-8(11)7(5)4-10/h7-11H,5-6H2,1-4H3;2-4,10H,11H2,1H3. The lowest BCUT2D eigenvalue weighted by atomic mass is 9.68. The van der Waals surface area contributed by atoms with Crippen LogP contribution in [0.15, 0.2) is 36.4 Å². The maximum atomic E-state index is 12.6. The molecule has 0 amide bonds. The minimum Gasteiger partial charge on any atom is -0.398 e. The van der Waals surface area contributed by atoms with Crippen molar-refractivity contribution in [3.05, 3.63) is 64.5 Å². The molecule has 0 aliphatic heterocycles. The summed E-state index contributed by atoms with van der Waals surface area (Å²) in [6.45, 7) is 10.2. The van der Waals surface area contributed by atoms with Crippen molar-refractivity contribution in [2.24, 2.45) is 5.92 Å². The van der Waals surface area contributed by atoms with Crippen LogP contribution in [0, 0.1) is 24.1 Å². The number of alkyl halides is 3. The average molecular weight is 410 g/mol. The summed E-state index contributed by atoms with van der Waals surface area (Å²) in [6.07, 6.45) is -1.25. The van der Waals surface area contributed by atoms with Crippen LogP contribution in [0.25, 0.3) is 0 Å². The van der Waals surface area contributed by atoms with E-state index in [2.05, 4.69) is 27.7 Å². The topological polar surface area (TPSA) is 49.9 Å². The van der Waals surface area contributed by atoms with E-state index in [1.54, 1.807) is 19.1 Å². The van der Waals surface area contributed by atoms with Crippen molar-refractivity contribution in [1.82, 2.24) is 0 Å². The summed E-state index contributed by atoms with van der Waals surface area (Å²) in [5.41, 5.74) is 7.45. The number of hydrogen-bond acceptors (Lipinski definition) is 2. The second-order valence-electron chi connectivity index (χ2n) is 7.46. The van der Waals surface area contributed by atoms with E-state index in [9.17, 15) is 17.6 Å². The van der Waals surface area contributed by atoms with Crippen LogP contribution in [0.1, 0.15) is 62.8 Å². The molecule has 0 aliphatic carbocycles. The summed E-state index contributed by atoms with van der Waals surface area (Å²) in [6, 6.07) is 8.23. The first-order valence-electron chi connectivity index (χ1n) is 9.66. The molecule has 0 atom stereocenters. The minimum atomic E-state index is -4.25. The molecule has 0 saturated heterocycles. The molecule has 2 nitrogen and oxygen atoms in total. The quantitative estimate of drug-likeness (QED) is 0.307. The third-order valence-corrected chi connectivity index (χ3v) is 5.68. The van der Waals surface area contributed by atoms with Crippen LogP contribution >= 0.6 is 0 Å². The van der Waals surface area contributed by atoms with Gasteiger partial charge in [0.15, 0.2) is 0 Å². The summed E-state index contributed by atoms with van der Waals surface area (Å²) in [5.74, 6) is 0.0508. The summed E-state index contributed by atoms with van der Waals surface area (Å²) in [7, 11) is 0. The largest absolute Gasteiger partial charge is 0.416 e. The molecule has 0 unspecified atom stereocenters. The van der Waals surface area contributed by atoms with Gasteiger partial charge in [0, 0.05) is 17.5 Å². The Hall–Kier alpha value is -2.37. The Morgan fingerprint density at radius 3 is 1.83 bits per heavy atom. The van der Waals surface area contributed by atoms with E-state index < -0.39 is 11.7 Å². The van der Waals surface area contributed by atoms with E-state index in [0.717, 1.165) is 24.6 Å². The maximum absolute atomic E-state index is 12.6. The average Bonchev–Trinajstić information content (AvgIpc) is 2.63. The first-order chi connectivity index (χ1) is 13.4. The Labute approximate surface area is 170 Å². The highest BCUT2D eigenvalue weighted by Gasteiger charge is 2.34. The van der Waals surface area contributed by atoms with Crippen LogP contribution in [-0.2, 0) is 11.6 Å². The molecule has 0 aliphatic rings. The molecule has 0 bridgehead atoms. The predicted molar refractivity (Wildman–Crippen MR) is 112 cm³/mol. The molecular weight excluding hydrogens is 380 g/mol. The number of nitrogens with one attached hydrogen (secondary N) is 1. The van der Waals surface area contributed by atoms with Gasteiger partial charge in [-0.15, -0.1) is 0 Å². The van der Waals surface area contributed by atoms with Crippen molar-refractivity contribution in [2.75, 3.05) is 5.73 Å². The monoisotopic (exact) mass is 410 g/mol. The fourth-order valence-corrected chi connectivity index (χ4v) is 3.78. The van der Waals surface area contributed by atoms with Crippen molar-refractivity contribution >= 4 is 11.9 Å². The summed E-state index contributed by atoms with van der Waals surface area (Å²) in [4.78, 5) is 0. The Morgan fingerprint density at radius 2 is 1.48 bits per heavy atom. The lowest BCUT2D eigenvalue weighted by molar-refractivity contribution is -0.137. The lowest BCUT2D eigenvalue weighted by Gasteiger charge is -2.37. The number of rotatable bonds is 5. The highest BCUT2D eigenvalue weighted by atomic mass is 19.4. The molecular formula is C23H30F4N2. The van der Waals surface area contributed by atoms with Gasteiger partial charge in [-0.1, -0.05) is 39.8 Å². The highest BCUT2D eigenvalue weighted by Crippen LogP contribution is 2.40. The van der Waals surface area contributed by atoms with Gasteiger partial charge >= 0.3 is 6.18 Å². The molecule has 2 rings (SSSR count). The molecule has 0 heterocycles. The van der Waals surface area contributed by atoms with Gasteiger partial charge in [-0.2, -0.15) is 13.2 Å². The van der Waals surface area contributed by atoms with E-state index in [1.165, 1.54) is 24.3 Å². The van der Waals surface area contributed by atoms with Gasteiger partial charge < -0.3 is 11.1 Å². The predicted octanol–water partition coefficient (Wildman–Crippen LogP) is 7.13. The normalized spacial score (nSPS) is 11.8. The van der Waals surface area contributed by atoms with Gasteiger partial charge in [0.05, 0.1) is 5.56 Å². The van der Waals surface area contributed by atoms with E-state index in [-0.39, 0.29) is 11.2 Å². The molecule has 0 spiro atoms. The molecule has 160 valence electrons. The van der Waals surface area contributed by atoms with Crippen LogP contribution in [-0.4, -0.2) is 6.21 Å². The molecule has 0 saturated carbocycles. The van der Waals surface area contributed by atoms with Crippen molar-refractivity contribution < 1.29 is 17.6 Å². The summed E-state index contributed by atoms with van der Waals surface area (Å²) in [5, 5.41) is 6.97. The Bertz CT molecular complexity index is 782. The van der Waals surface area contributed by atoms with Crippen molar-refractivity contribution in [3.8, 4) is 0 Å². The Kier molecular flexibility index (Phi) is 8.42. The Balaban J connectivity index is 0.000000326. The zero-order valence-electron chi connectivity index (χ0n) is 17.6. The number of aryl methyl sites for hydroxylation is 1. The molecule has 0 radical (unpaired) electrons. The minimum absolute atomic E-state index is 0.0237. The van der Waals surface area contributed by atoms with Gasteiger partial charge in [-0.3, -0.25) is 0 Å². The SMILES string of the molecule is CCC(CC)(c1ccc(C(F)(F)F)cc1)C(C)C.Cc1cc(F)cc(N)c1C=N. The van der Waals surface area contributed by atoms with Gasteiger partial charge in [-0.05, 0) is 66.5 Å². The summed E-state index contributed by atoms with van der Waals surface area (Å²) >= 11 is 0. The van der Waals surface area contributed by atoms with Crippen LogP contribution in [0.5, 0.6) is 0 Å². The van der Waals surface area contributed by atoms with E-state index >= 15 is 0 Å². The number of halogens is 4. The highest BCUT2D eigenvalue weighted by molar-refractivity contribution is 5.86. The second-order valence-corrected chi connectivity index (χ2v) is 7.46. The van der Waals surface area contributed by atoms with Gasteiger partial charge in [0.1, 0.15) is 5.82 Å². The number of nitrogens with two attached hydrogens (primary N) is 1. The van der Waals surface area contributed by atoms with Crippen molar-refractivity contribution in [1.29, 1.82) is 5.41 Å². The van der Waals surface area contributed by atoms with Crippen molar-refractivity contribution in [3.63, 3.8) is 0 Å². The molecule has 2 aromatic carbocycles.